The van der Waals surface area contributed by atoms with Crippen molar-refractivity contribution in [2.75, 3.05) is 24.6 Å². The maximum atomic E-state index is 13.0. The van der Waals surface area contributed by atoms with Crippen molar-refractivity contribution in [1.82, 2.24) is 34.7 Å². The highest BCUT2D eigenvalue weighted by atomic mass is 16.5. The third-order valence-electron chi connectivity index (χ3n) is 12.0. The van der Waals surface area contributed by atoms with E-state index >= 15 is 0 Å². The van der Waals surface area contributed by atoms with Gasteiger partial charge in [-0.15, -0.1) is 0 Å². The summed E-state index contributed by atoms with van der Waals surface area (Å²) >= 11 is 0. The number of imide groups is 1. The van der Waals surface area contributed by atoms with Gasteiger partial charge in [-0.05, 0) is 78.8 Å². The van der Waals surface area contributed by atoms with Crippen LogP contribution in [0.5, 0.6) is 11.6 Å². The molecule has 4 aromatic heterocycles. The first kappa shape index (κ1) is 37.4. The molecule has 10 rings (SSSR count). The fourth-order valence-corrected chi connectivity index (χ4v) is 8.70. The predicted octanol–water partition coefficient (Wildman–Crippen LogP) is 5.37. The van der Waals surface area contributed by atoms with E-state index in [-0.39, 0.29) is 49.7 Å². The average Bonchev–Trinajstić information content (AvgIpc) is 3.74. The van der Waals surface area contributed by atoms with E-state index in [0.29, 0.717) is 29.4 Å². The van der Waals surface area contributed by atoms with Crippen molar-refractivity contribution >= 4 is 45.3 Å². The van der Waals surface area contributed by atoms with Crippen LogP contribution in [0, 0.1) is 11.8 Å². The SMILES string of the molecule is Cn1c2ccncc2c2ccc(-c3ccc(O[C@H]4C[C@H](OC5CCN(c6ccnc(C#CCOc7ccc8c(c7)CN(C7CCC(=O)NC7=O)C8=O)n6)CC5)C4)nc3)cc21. The molecule has 1 saturated carbocycles. The third kappa shape index (κ3) is 7.37. The molecule has 1 N–H and O–H groups in total. The van der Waals surface area contributed by atoms with Crippen molar-refractivity contribution in [2.45, 2.75) is 69.4 Å². The summed E-state index contributed by atoms with van der Waals surface area (Å²) in [5.74, 6) is 7.48. The van der Waals surface area contributed by atoms with E-state index in [0.717, 1.165) is 77.7 Å². The van der Waals surface area contributed by atoms with Crippen LogP contribution in [-0.4, -0.2) is 91.2 Å². The molecule has 1 aliphatic carbocycles. The minimum atomic E-state index is -0.659. The van der Waals surface area contributed by atoms with Gasteiger partial charge in [0, 0.05) is 104 Å². The van der Waals surface area contributed by atoms with Gasteiger partial charge < -0.3 is 28.6 Å². The van der Waals surface area contributed by atoms with Crippen molar-refractivity contribution in [3.05, 3.63) is 102 Å². The molecule has 60 heavy (non-hydrogen) atoms. The van der Waals surface area contributed by atoms with Crippen LogP contribution in [0.25, 0.3) is 32.9 Å². The van der Waals surface area contributed by atoms with Crippen molar-refractivity contribution < 1.29 is 28.6 Å². The molecule has 302 valence electrons. The number of amides is 3. The zero-order valence-electron chi connectivity index (χ0n) is 33.0. The highest BCUT2D eigenvalue weighted by Gasteiger charge is 2.39. The maximum Gasteiger partial charge on any atom is 0.255 e. The summed E-state index contributed by atoms with van der Waals surface area (Å²) in [6, 6.07) is 19.0. The lowest BCUT2D eigenvalue weighted by Gasteiger charge is -2.39. The first-order valence-corrected chi connectivity index (χ1v) is 20.4. The molecule has 1 unspecified atom stereocenters. The number of hydrogen-bond acceptors (Lipinski definition) is 11. The zero-order chi connectivity index (χ0) is 40.7. The molecular formula is C46H42N8O6. The van der Waals surface area contributed by atoms with Gasteiger partial charge in [-0.25, -0.2) is 15.0 Å². The number of nitrogens with one attached hydrogen (secondary N) is 1. The molecule has 14 nitrogen and oxygen atoms in total. The second kappa shape index (κ2) is 15.7. The Morgan fingerprint density at radius 2 is 1.70 bits per heavy atom. The zero-order valence-corrected chi connectivity index (χ0v) is 33.0. The molecule has 6 aromatic rings. The second-order valence-corrected chi connectivity index (χ2v) is 15.8. The number of fused-ring (bicyclic) bond motifs is 4. The van der Waals surface area contributed by atoms with Gasteiger partial charge in [0.25, 0.3) is 5.91 Å². The Bertz CT molecular complexity index is 2710. The number of hydrogen-bond donors (Lipinski definition) is 1. The van der Waals surface area contributed by atoms with Gasteiger partial charge in [0.1, 0.15) is 30.3 Å². The predicted molar refractivity (Wildman–Crippen MR) is 222 cm³/mol. The van der Waals surface area contributed by atoms with Gasteiger partial charge in [0.15, 0.2) is 0 Å². The molecule has 2 saturated heterocycles. The van der Waals surface area contributed by atoms with Gasteiger partial charge in [-0.3, -0.25) is 24.7 Å². The fourth-order valence-electron chi connectivity index (χ4n) is 8.70. The molecule has 7 heterocycles. The number of ether oxygens (including phenoxy) is 3. The van der Waals surface area contributed by atoms with Crippen LogP contribution in [-0.2, 0) is 27.9 Å². The molecule has 0 bridgehead atoms. The summed E-state index contributed by atoms with van der Waals surface area (Å²) in [6.45, 7) is 2.04. The Kier molecular flexibility index (Phi) is 9.81. The number of pyridine rings is 2. The summed E-state index contributed by atoms with van der Waals surface area (Å²) < 4.78 is 20.7. The minimum Gasteiger partial charge on any atom is -0.481 e. The number of carbonyl (C=O) groups excluding carboxylic acids is 3. The number of benzene rings is 2. The molecule has 0 spiro atoms. The Balaban J connectivity index is 0.660. The molecule has 2 aromatic carbocycles. The van der Waals surface area contributed by atoms with Crippen LogP contribution in [0.4, 0.5) is 5.82 Å². The minimum absolute atomic E-state index is 0.0945. The fraction of sp³-hybridized carbons (Fsp3) is 0.326. The van der Waals surface area contributed by atoms with E-state index in [1.54, 1.807) is 24.4 Å². The van der Waals surface area contributed by atoms with Crippen molar-refractivity contribution in [3.63, 3.8) is 0 Å². The smallest absolute Gasteiger partial charge is 0.255 e. The van der Waals surface area contributed by atoms with E-state index in [1.807, 2.05) is 36.8 Å². The molecular weight excluding hydrogens is 761 g/mol. The highest BCUT2D eigenvalue weighted by molar-refractivity contribution is 6.08. The van der Waals surface area contributed by atoms with Gasteiger partial charge in [-0.2, -0.15) is 0 Å². The van der Waals surface area contributed by atoms with E-state index in [2.05, 4.69) is 72.9 Å². The lowest BCUT2D eigenvalue weighted by molar-refractivity contribution is -0.136. The van der Waals surface area contributed by atoms with Crippen molar-refractivity contribution in [1.29, 1.82) is 0 Å². The van der Waals surface area contributed by atoms with Crippen LogP contribution in [0.15, 0.2) is 85.5 Å². The number of rotatable bonds is 9. The van der Waals surface area contributed by atoms with Gasteiger partial charge in [-0.1, -0.05) is 18.1 Å². The number of carbonyl (C=O) groups is 3. The maximum absolute atomic E-state index is 13.0. The van der Waals surface area contributed by atoms with Crippen molar-refractivity contribution in [2.24, 2.45) is 7.05 Å². The summed E-state index contributed by atoms with van der Waals surface area (Å²) in [6.07, 6.45) is 11.9. The highest BCUT2D eigenvalue weighted by Crippen LogP contribution is 2.34. The lowest BCUT2D eigenvalue weighted by atomic mass is 9.91. The van der Waals surface area contributed by atoms with E-state index in [4.69, 9.17) is 19.2 Å². The number of piperidine rings is 2. The molecule has 3 amide bonds. The monoisotopic (exact) mass is 802 g/mol. The molecule has 4 aliphatic rings. The van der Waals surface area contributed by atoms with Crippen LogP contribution in [0.2, 0.25) is 0 Å². The van der Waals surface area contributed by atoms with Crippen molar-refractivity contribution in [3.8, 4) is 34.6 Å². The first-order chi connectivity index (χ1) is 29.3. The summed E-state index contributed by atoms with van der Waals surface area (Å²) in [5, 5.41) is 4.67. The van der Waals surface area contributed by atoms with Crippen LogP contribution in [0.3, 0.4) is 0 Å². The number of aromatic nitrogens is 5. The number of nitrogens with zero attached hydrogens (tertiary/aromatic N) is 7. The largest absolute Gasteiger partial charge is 0.481 e. The number of anilines is 1. The summed E-state index contributed by atoms with van der Waals surface area (Å²) in [5.41, 5.74) is 5.78. The Labute approximate surface area is 345 Å². The van der Waals surface area contributed by atoms with Gasteiger partial charge in [0.05, 0.1) is 17.7 Å². The quantitative estimate of drug-likeness (QED) is 0.148. The first-order valence-electron chi connectivity index (χ1n) is 20.4. The van der Waals surface area contributed by atoms with E-state index in [9.17, 15) is 14.4 Å². The van der Waals surface area contributed by atoms with Crippen LogP contribution >= 0.6 is 0 Å². The molecule has 3 aliphatic heterocycles. The second-order valence-electron chi connectivity index (χ2n) is 15.8. The lowest BCUT2D eigenvalue weighted by Crippen LogP contribution is -2.52. The van der Waals surface area contributed by atoms with Crippen LogP contribution < -0.4 is 19.7 Å². The summed E-state index contributed by atoms with van der Waals surface area (Å²) in [4.78, 5) is 58.6. The topological polar surface area (TPSA) is 154 Å². The molecule has 3 fully saturated rings. The normalized spacial score (nSPS) is 20.4. The Morgan fingerprint density at radius 3 is 2.53 bits per heavy atom. The summed E-state index contributed by atoms with van der Waals surface area (Å²) in [7, 11) is 2.09. The van der Waals surface area contributed by atoms with E-state index in [1.165, 1.54) is 10.3 Å². The van der Waals surface area contributed by atoms with Gasteiger partial charge >= 0.3 is 0 Å². The Hall–Kier alpha value is -6.85. The van der Waals surface area contributed by atoms with E-state index < -0.39 is 11.9 Å². The molecule has 0 radical (unpaired) electrons. The molecule has 14 heteroatoms. The number of aryl methyl sites for hydroxylation is 1. The van der Waals surface area contributed by atoms with Crippen LogP contribution in [0.1, 0.15) is 60.3 Å². The van der Waals surface area contributed by atoms with Gasteiger partial charge in [0.2, 0.25) is 23.5 Å². The Morgan fingerprint density at radius 1 is 0.833 bits per heavy atom. The average molecular weight is 803 g/mol. The standard InChI is InChI=1S/C46H42N8O6/c1-52-38-12-16-47-26-37(38)36-7-4-28(22-40(36)52)29-5-11-44(49-25-29)60-34-23-33(24-34)59-31-14-18-53(19-15-31)42-13-17-48-41(50-42)3-2-20-58-32-6-8-35-30(21-32)27-54(46(35)57)39-9-10-43(55)51-45(39)56/h4-8,11-13,16-17,21-22,25-26,31,33-34,39H,9-10,14-15,18-20,23-24,27H2,1H3,(H,51,55,56)/t33-,34-,39?. The third-order valence-corrected chi connectivity index (χ3v) is 12.0. The molecule has 1 atom stereocenters.